The maximum absolute atomic E-state index is 12.7. The first-order chi connectivity index (χ1) is 15.5. The molecule has 0 spiro atoms. The lowest BCUT2D eigenvalue weighted by molar-refractivity contribution is -0.111. The summed E-state index contributed by atoms with van der Waals surface area (Å²) in [5, 5.41) is 3.87. The van der Waals surface area contributed by atoms with Crippen LogP contribution in [0, 0.1) is 6.92 Å². The Kier molecular flexibility index (Phi) is 5.99. The molecule has 0 unspecified atom stereocenters. The van der Waals surface area contributed by atoms with Crippen molar-refractivity contribution in [2.24, 2.45) is 0 Å². The Morgan fingerprint density at radius 3 is 2.56 bits per heavy atom. The molecule has 1 heterocycles. The number of hydrogen-bond acceptors (Lipinski definition) is 4. The average Bonchev–Trinajstić information content (AvgIpc) is 3.22. The van der Waals surface area contributed by atoms with Gasteiger partial charge < -0.3 is 19.2 Å². The fourth-order valence-electron chi connectivity index (χ4n) is 3.70. The van der Waals surface area contributed by atoms with Crippen molar-refractivity contribution in [3.63, 3.8) is 0 Å². The topological polar surface area (TPSA) is 60.7 Å². The summed E-state index contributed by atoms with van der Waals surface area (Å²) in [6.07, 6.45) is 3.31. The Bertz CT molecular complexity index is 1320. The van der Waals surface area contributed by atoms with Gasteiger partial charge in [-0.3, -0.25) is 4.79 Å². The number of allylic oxidation sites excluding steroid dienone is 1. The molecule has 0 aliphatic carbocycles. The fraction of sp³-hybridized carbons (Fsp3) is 0.148. The molecule has 4 rings (SSSR count). The first kappa shape index (κ1) is 21.2. The lowest BCUT2D eigenvalue weighted by Crippen LogP contribution is -2.09. The van der Waals surface area contributed by atoms with E-state index in [9.17, 15) is 4.79 Å². The molecule has 0 radical (unpaired) electrons. The average molecular weight is 428 g/mol. The molecule has 1 N–H and O–H groups in total. The van der Waals surface area contributed by atoms with Gasteiger partial charge in [-0.15, -0.1) is 0 Å². The van der Waals surface area contributed by atoms with Crippen molar-refractivity contribution in [3.8, 4) is 22.6 Å². The van der Waals surface area contributed by atoms with Crippen molar-refractivity contribution in [2.75, 3.05) is 19.5 Å². The van der Waals surface area contributed by atoms with E-state index in [0.29, 0.717) is 11.3 Å². The number of aryl methyl sites for hydroxylation is 1. The molecule has 162 valence electrons. The lowest BCUT2D eigenvalue weighted by Gasteiger charge is -2.11. The van der Waals surface area contributed by atoms with Crippen LogP contribution in [-0.4, -0.2) is 20.1 Å². The van der Waals surface area contributed by atoms with Crippen molar-refractivity contribution in [1.29, 1.82) is 0 Å². The fourth-order valence-corrected chi connectivity index (χ4v) is 3.70. The van der Waals surface area contributed by atoms with Crippen LogP contribution in [0.25, 0.3) is 27.7 Å². The van der Waals surface area contributed by atoms with Gasteiger partial charge in [0.05, 0.1) is 20.5 Å². The number of anilines is 1. The summed E-state index contributed by atoms with van der Waals surface area (Å²) in [6.45, 7) is 3.86. The number of benzene rings is 3. The zero-order valence-electron chi connectivity index (χ0n) is 18.6. The molecule has 32 heavy (non-hydrogen) atoms. The van der Waals surface area contributed by atoms with Crippen LogP contribution in [0.4, 0.5) is 5.69 Å². The zero-order valence-corrected chi connectivity index (χ0v) is 18.6. The van der Waals surface area contributed by atoms with Crippen LogP contribution in [0.2, 0.25) is 0 Å². The summed E-state index contributed by atoms with van der Waals surface area (Å²) in [7, 11) is 3.25. The van der Waals surface area contributed by atoms with Gasteiger partial charge in [-0.2, -0.15) is 0 Å². The molecule has 0 aliphatic rings. The number of hydrogen-bond donors (Lipinski definition) is 1. The van der Waals surface area contributed by atoms with Gasteiger partial charge in [-0.25, -0.2) is 0 Å². The van der Waals surface area contributed by atoms with E-state index in [-0.39, 0.29) is 5.91 Å². The second kappa shape index (κ2) is 9.02. The Labute approximate surface area is 187 Å². The number of amides is 1. The molecular weight excluding hydrogens is 402 g/mol. The highest BCUT2D eigenvalue weighted by molar-refractivity contribution is 6.05. The first-order valence-electron chi connectivity index (χ1n) is 10.3. The quantitative estimate of drug-likeness (QED) is 0.358. The molecule has 5 nitrogen and oxygen atoms in total. The minimum atomic E-state index is -0.195. The molecular formula is C27H25NO4. The maximum atomic E-state index is 12.7. The number of rotatable bonds is 6. The van der Waals surface area contributed by atoms with Crippen LogP contribution < -0.4 is 14.8 Å². The minimum absolute atomic E-state index is 0.195. The summed E-state index contributed by atoms with van der Waals surface area (Å²) >= 11 is 0. The SMILES string of the molecule is COc1cccc(-c2coc3cc(OC)c(/C(C)=C/C(=O)Nc4ccccc4C)cc23)c1. The third-order valence-electron chi connectivity index (χ3n) is 5.45. The van der Waals surface area contributed by atoms with Crippen LogP contribution in [0.3, 0.4) is 0 Å². The van der Waals surface area contributed by atoms with Crippen LogP contribution in [0.15, 0.2) is 77.4 Å². The highest BCUT2D eigenvalue weighted by Gasteiger charge is 2.15. The predicted molar refractivity (Wildman–Crippen MR) is 128 cm³/mol. The van der Waals surface area contributed by atoms with E-state index in [0.717, 1.165) is 44.7 Å². The minimum Gasteiger partial charge on any atom is -0.497 e. The third kappa shape index (κ3) is 4.23. The van der Waals surface area contributed by atoms with Crippen molar-refractivity contribution in [2.45, 2.75) is 13.8 Å². The predicted octanol–water partition coefficient (Wildman–Crippen LogP) is 6.47. The van der Waals surface area contributed by atoms with Crippen LogP contribution in [-0.2, 0) is 4.79 Å². The summed E-state index contributed by atoms with van der Waals surface area (Å²) < 4.78 is 16.8. The second-order valence-corrected chi connectivity index (χ2v) is 7.56. The van der Waals surface area contributed by atoms with Gasteiger partial charge in [0.15, 0.2) is 0 Å². The van der Waals surface area contributed by atoms with Crippen LogP contribution >= 0.6 is 0 Å². The number of ether oxygens (including phenoxy) is 2. The highest BCUT2D eigenvalue weighted by atomic mass is 16.5. The summed E-state index contributed by atoms with van der Waals surface area (Å²) in [5.74, 6) is 1.22. The molecule has 1 amide bonds. The van der Waals surface area contributed by atoms with E-state index < -0.39 is 0 Å². The molecule has 0 bridgehead atoms. The highest BCUT2D eigenvalue weighted by Crippen LogP contribution is 2.38. The van der Waals surface area contributed by atoms with Gasteiger partial charge in [0.2, 0.25) is 5.91 Å². The van der Waals surface area contributed by atoms with Crippen molar-refractivity contribution in [1.82, 2.24) is 0 Å². The zero-order chi connectivity index (χ0) is 22.7. The molecule has 0 aliphatic heterocycles. The Balaban J connectivity index is 1.73. The number of carbonyl (C=O) groups excluding carboxylic acids is 1. The van der Waals surface area contributed by atoms with E-state index in [1.165, 1.54) is 0 Å². The maximum Gasteiger partial charge on any atom is 0.248 e. The number of methoxy groups -OCH3 is 2. The van der Waals surface area contributed by atoms with Gasteiger partial charge in [-0.1, -0.05) is 30.3 Å². The van der Waals surface area contributed by atoms with Gasteiger partial charge >= 0.3 is 0 Å². The van der Waals surface area contributed by atoms with E-state index >= 15 is 0 Å². The third-order valence-corrected chi connectivity index (χ3v) is 5.45. The monoisotopic (exact) mass is 427 g/mol. The molecule has 1 aromatic heterocycles. The molecule has 5 heteroatoms. The number of fused-ring (bicyclic) bond motifs is 1. The van der Waals surface area contributed by atoms with Crippen molar-refractivity contribution in [3.05, 3.63) is 84.1 Å². The molecule has 4 aromatic rings. The molecule has 3 aromatic carbocycles. The second-order valence-electron chi connectivity index (χ2n) is 7.56. The summed E-state index contributed by atoms with van der Waals surface area (Å²) in [5.41, 5.74) is 6.04. The van der Waals surface area contributed by atoms with Gasteiger partial charge in [0.1, 0.15) is 17.1 Å². The van der Waals surface area contributed by atoms with Crippen molar-refractivity contribution >= 4 is 28.1 Å². The summed E-state index contributed by atoms with van der Waals surface area (Å²) in [6, 6.07) is 19.4. The van der Waals surface area contributed by atoms with E-state index in [4.69, 9.17) is 13.9 Å². The van der Waals surface area contributed by atoms with Gasteiger partial charge in [-0.05, 0) is 54.8 Å². The van der Waals surface area contributed by atoms with Gasteiger partial charge in [0, 0.05) is 34.3 Å². The smallest absolute Gasteiger partial charge is 0.248 e. The Morgan fingerprint density at radius 1 is 1.00 bits per heavy atom. The number of nitrogens with one attached hydrogen (secondary N) is 1. The standard InChI is InChI=1S/C27H25NO4/c1-17-8-5-6-11-24(17)28-27(29)12-18(2)21-14-22-23(16-32-26(22)15-25(21)31-4)19-9-7-10-20(13-19)30-3/h5-16H,1-4H3,(H,28,29)/b18-12+. The molecule has 0 saturated heterocycles. The largest absolute Gasteiger partial charge is 0.497 e. The Morgan fingerprint density at radius 2 is 1.81 bits per heavy atom. The molecule has 0 saturated carbocycles. The van der Waals surface area contributed by atoms with E-state index in [1.54, 1.807) is 26.6 Å². The summed E-state index contributed by atoms with van der Waals surface area (Å²) in [4.78, 5) is 12.7. The van der Waals surface area contributed by atoms with Crippen molar-refractivity contribution < 1.29 is 18.7 Å². The molecule has 0 atom stereocenters. The van der Waals surface area contributed by atoms with Crippen LogP contribution in [0.1, 0.15) is 18.1 Å². The lowest BCUT2D eigenvalue weighted by atomic mass is 9.99. The first-order valence-corrected chi connectivity index (χ1v) is 10.3. The van der Waals surface area contributed by atoms with Crippen LogP contribution in [0.5, 0.6) is 11.5 Å². The number of furan rings is 1. The van der Waals surface area contributed by atoms with E-state index in [2.05, 4.69) is 5.32 Å². The molecule has 0 fully saturated rings. The number of para-hydroxylation sites is 1. The van der Waals surface area contributed by atoms with Gasteiger partial charge in [0.25, 0.3) is 0 Å². The Hall–Kier alpha value is -3.99. The normalized spacial score (nSPS) is 11.4. The number of carbonyl (C=O) groups is 1. The van der Waals surface area contributed by atoms with E-state index in [1.807, 2.05) is 74.5 Å².